The zero-order valence-electron chi connectivity index (χ0n) is 13.2. The number of carbonyl (C=O) groups is 2. The standard InChI is InChI=1S/C16H23N3O3.ClH/c1-11(20)19-13-4-2-12(3-5-13)8-9-18-16(21)15-7-6-14(10-17)22-15;/h2-5,14-15H,6-10,17H2,1H3,(H,18,21)(H,19,20);1H/t14-,15+;/m1./s1. The van der Waals surface area contributed by atoms with Gasteiger partial charge in [0.2, 0.25) is 11.8 Å². The number of rotatable bonds is 6. The van der Waals surface area contributed by atoms with Gasteiger partial charge in [0.15, 0.2) is 0 Å². The molecule has 1 fully saturated rings. The minimum atomic E-state index is -0.365. The first-order valence-electron chi connectivity index (χ1n) is 7.58. The summed E-state index contributed by atoms with van der Waals surface area (Å²) >= 11 is 0. The smallest absolute Gasteiger partial charge is 0.249 e. The average molecular weight is 342 g/mol. The largest absolute Gasteiger partial charge is 0.364 e. The summed E-state index contributed by atoms with van der Waals surface area (Å²) in [4.78, 5) is 22.9. The fraction of sp³-hybridized carbons (Fsp3) is 0.500. The average Bonchev–Trinajstić information content (AvgIpc) is 2.97. The number of halogens is 1. The van der Waals surface area contributed by atoms with Gasteiger partial charge in [0, 0.05) is 25.7 Å². The lowest BCUT2D eigenvalue weighted by Gasteiger charge is -2.12. The van der Waals surface area contributed by atoms with Crippen molar-refractivity contribution in [1.29, 1.82) is 0 Å². The van der Waals surface area contributed by atoms with Crippen LogP contribution in [0.5, 0.6) is 0 Å². The zero-order valence-corrected chi connectivity index (χ0v) is 14.0. The first-order chi connectivity index (χ1) is 10.6. The molecule has 128 valence electrons. The molecule has 1 aliphatic rings. The third kappa shape index (κ3) is 6.17. The van der Waals surface area contributed by atoms with Crippen LogP contribution in [0.2, 0.25) is 0 Å². The highest BCUT2D eigenvalue weighted by molar-refractivity contribution is 5.88. The van der Waals surface area contributed by atoms with E-state index in [2.05, 4.69) is 10.6 Å². The molecular formula is C16H24ClN3O3. The number of carbonyl (C=O) groups excluding carboxylic acids is 2. The molecule has 0 saturated carbocycles. The molecular weight excluding hydrogens is 318 g/mol. The highest BCUT2D eigenvalue weighted by atomic mass is 35.5. The molecule has 1 heterocycles. The Morgan fingerprint density at radius 3 is 2.52 bits per heavy atom. The number of hydrogen-bond donors (Lipinski definition) is 3. The fourth-order valence-electron chi connectivity index (χ4n) is 2.47. The Kier molecular flexibility index (Phi) is 8.02. The van der Waals surface area contributed by atoms with Crippen LogP contribution in [0.3, 0.4) is 0 Å². The summed E-state index contributed by atoms with van der Waals surface area (Å²) in [6.45, 7) is 2.50. The van der Waals surface area contributed by atoms with E-state index >= 15 is 0 Å². The summed E-state index contributed by atoms with van der Waals surface area (Å²) in [5.74, 6) is -0.154. The Morgan fingerprint density at radius 1 is 1.26 bits per heavy atom. The molecule has 23 heavy (non-hydrogen) atoms. The van der Waals surface area contributed by atoms with Gasteiger partial charge in [-0.2, -0.15) is 0 Å². The van der Waals surface area contributed by atoms with E-state index in [1.165, 1.54) is 6.92 Å². The van der Waals surface area contributed by atoms with Crippen molar-refractivity contribution in [2.75, 3.05) is 18.4 Å². The SMILES string of the molecule is CC(=O)Nc1ccc(CCNC(=O)[C@@H]2CC[C@H](CN)O2)cc1.Cl. The molecule has 7 heteroatoms. The molecule has 4 N–H and O–H groups in total. The van der Waals surface area contributed by atoms with Gasteiger partial charge in [-0.3, -0.25) is 9.59 Å². The molecule has 1 aliphatic heterocycles. The van der Waals surface area contributed by atoms with Gasteiger partial charge in [-0.15, -0.1) is 12.4 Å². The lowest BCUT2D eigenvalue weighted by atomic mass is 10.1. The number of amides is 2. The van der Waals surface area contributed by atoms with Gasteiger partial charge in [-0.1, -0.05) is 12.1 Å². The van der Waals surface area contributed by atoms with E-state index in [0.717, 1.165) is 30.5 Å². The molecule has 1 saturated heterocycles. The van der Waals surface area contributed by atoms with Crippen molar-refractivity contribution in [3.63, 3.8) is 0 Å². The molecule has 0 radical (unpaired) electrons. The van der Waals surface area contributed by atoms with Crippen LogP contribution < -0.4 is 16.4 Å². The quantitative estimate of drug-likeness (QED) is 0.725. The van der Waals surface area contributed by atoms with Crippen LogP contribution in [0.1, 0.15) is 25.3 Å². The van der Waals surface area contributed by atoms with E-state index in [0.29, 0.717) is 13.1 Å². The Bertz CT molecular complexity index is 522. The molecule has 1 aromatic rings. The second-order valence-corrected chi connectivity index (χ2v) is 5.48. The van der Waals surface area contributed by atoms with E-state index in [1.807, 2.05) is 24.3 Å². The number of nitrogens with one attached hydrogen (secondary N) is 2. The third-order valence-electron chi connectivity index (χ3n) is 3.65. The van der Waals surface area contributed by atoms with E-state index in [4.69, 9.17) is 10.5 Å². The molecule has 2 rings (SSSR count). The summed E-state index contributed by atoms with van der Waals surface area (Å²) in [5.41, 5.74) is 7.40. The number of ether oxygens (including phenoxy) is 1. The molecule has 2 amide bonds. The Balaban J connectivity index is 0.00000264. The number of benzene rings is 1. The Labute approximate surface area is 142 Å². The zero-order chi connectivity index (χ0) is 15.9. The van der Waals surface area contributed by atoms with Crippen molar-refractivity contribution in [2.24, 2.45) is 5.73 Å². The predicted molar refractivity (Wildman–Crippen MR) is 91.7 cm³/mol. The maximum Gasteiger partial charge on any atom is 0.249 e. The van der Waals surface area contributed by atoms with Gasteiger partial charge in [0.25, 0.3) is 0 Å². The minimum absolute atomic E-state index is 0. The van der Waals surface area contributed by atoms with Crippen LogP contribution in [0.25, 0.3) is 0 Å². The minimum Gasteiger partial charge on any atom is -0.364 e. The van der Waals surface area contributed by atoms with Crippen LogP contribution in [0.15, 0.2) is 24.3 Å². The molecule has 0 aliphatic carbocycles. The first-order valence-corrected chi connectivity index (χ1v) is 7.58. The fourth-order valence-corrected chi connectivity index (χ4v) is 2.47. The lowest BCUT2D eigenvalue weighted by Crippen LogP contribution is -2.36. The molecule has 0 bridgehead atoms. The first kappa shape index (κ1) is 19.4. The highest BCUT2D eigenvalue weighted by Crippen LogP contribution is 2.18. The summed E-state index contributed by atoms with van der Waals surface area (Å²) in [6, 6.07) is 7.58. The summed E-state index contributed by atoms with van der Waals surface area (Å²) in [6.07, 6.45) is 1.96. The van der Waals surface area contributed by atoms with Gasteiger partial charge < -0.3 is 21.1 Å². The van der Waals surface area contributed by atoms with Crippen molar-refractivity contribution in [3.05, 3.63) is 29.8 Å². The second-order valence-electron chi connectivity index (χ2n) is 5.48. The molecule has 0 unspecified atom stereocenters. The van der Waals surface area contributed by atoms with Gasteiger partial charge in [0.05, 0.1) is 6.10 Å². The van der Waals surface area contributed by atoms with Gasteiger partial charge in [0.1, 0.15) is 6.10 Å². The monoisotopic (exact) mass is 341 g/mol. The number of hydrogen-bond acceptors (Lipinski definition) is 4. The van der Waals surface area contributed by atoms with Gasteiger partial charge in [-0.25, -0.2) is 0 Å². The van der Waals surface area contributed by atoms with Crippen LogP contribution in [-0.2, 0) is 20.7 Å². The van der Waals surface area contributed by atoms with Crippen LogP contribution in [0.4, 0.5) is 5.69 Å². The van der Waals surface area contributed by atoms with Crippen molar-refractivity contribution in [3.8, 4) is 0 Å². The lowest BCUT2D eigenvalue weighted by molar-refractivity contribution is -0.131. The van der Waals surface area contributed by atoms with Crippen LogP contribution in [-0.4, -0.2) is 37.1 Å². The summed E-state index contributed by atoms with van der Waals surface area (Å²) in [5, 5.41) is 5.61. The molecule has 6 nitrogen and oxygen atoms in total. The molecule has 1 aromatic carbocycles. The normalized spacial score (nSPS) is 19.7. The van der Waals surface area contributed by atoms with E-state index in [9.17, 15) is 9.59 Å². The Morgan fingerprint density at radius 2 is 1.96 bits per heavy atom. The maximum absolute atomic E-state index is 11.9. The Hall–Kier alpha value is -1.63. The van der Waals surface area contributed by atoms with Gasteiger partial charge in [-0.05, 0) is 37.0 Å². The topological polar surface area (TPSA) is 93.5 Å². The molecule has 0 aromatic heterocycles. The summed E-state index contributed by atoms with van der Waals surface area (Å²) < 4.78 is 5.55. The second kappa shape index (κ2) is 9.50. The summed E-state index contributed by atoms with van der Waals surface area (Å²) in [7, 11) is 0. The van der Waals surface area contributed by atoms with E-state index in [-0.39, 0.29) is 36.4 Å². The molecule has 2 atom stereocenters. The van der Waals surface area contributed by atoms with Crippen LogP contribution in [0, 0.1) is 0 Å². The van der Waals surface area contributed by atoms with E-state index < -0.39 is 0 Å². The highest BCUT2D eigenvalue weighted by Gasteiger charge is 2.29. The van der Waals surface area contributed by atoms with Crippen molar-refractivity contribution >= 4 is 29.9 Å². The van der Waals surface area contributed by atoms with Crippen LogP contribution >= 0.6 is 12.4 Å². The van der Waals surface area contributed by atoms with E-state index in [1.54, 1.807) is 0 Å². The predicted octanol–water partition coefficient (Wildman–Crippen LogP) is 1.23. The number of nitrogens with two attached hydrogens (primary N) is 1. The van der Waals surface area contributed by atoms with Crippen molar-refractivity contribution in [1.82, 2.24) is 5.32 Å². The number of anilines is 1. The third-order valence-corrected chi connectivity index (χ3v) is 3.65. The maximum atomic E-state index is 11.9. The van der Waals surface area contributed by atoms with Gasteiger partial charge >= 0.3 is 0 Å². The van der Waals surface area contributed by atoms with Crippen molar-refractivity contribution < 1.29 is 14.3 Å². The molecule has 0 spiro atoms. The van der Waals surface area contributed by atoms with Crippen molar-refractivity contribution in [2.45, 2.75) is 38.4 Å².